The molecule has 0 unspecified atom stereocenters. The quantitative estimate of drug-likeness (QED) is 0.862. The summed E-state index contributed by atoms with van der Waals surface area (Å²) in [5.41, 5.74) is 3.39. The van der Waals surface area contributed by atoms with Crippen LogP contribution in [-0.4, -0.2) is 18.5 Å². The van der Waals surface area contributed by atoms with Gasteiger partial charge in [0.2, 0.25) is 0 Å². The molecule has 1 fully saturated rings. The maximum Gasteiger partial charge on any atom is 0.279 e. The van der Waals surface area contributed by atoms with Crippen molar-refractivity contribution in [1.82, 2.24) is 0 Å². The molecule has 0 aliphatic heterocycles. The van der Waals surface area contributed by atoms with Gasteiger partial charge in [-0.25, -0.2) is 0 Å². The van der Waals surface area contributed by atoms with E-state index in [-0.39, 0.29) is 5.91 Å². The van der Waals surface area contributed by atoms with Gasteiger partial charge in [0.05, 0.1) is 6.04 Å². The van der Waals surface area contributed by atoms with E-state index in [0.29, 0.717) is 12.6 Å². The summed E-state index contributed by atoms with van der Waals surface area (Å²) >= 11 is 0. The van der Waals surface area contributed by atoms with Crippen LogP contribution in [0.2, 0.25) is 0 Å². The van der Waals surface area contributed by atoms with E-state index in [2.05, 4.69) is 42.7 Å². The van der Waals surface area contributed by atoms with E-state index in [1.807, 2.05) is 0 Å². The lowest BCUT2D eigenvalue weighted by Gasteiger charge is -2.18. The number of carbonyl (C=O) groups is 1. The zero-order valence-electron chi connectivity index (χ0n) is 14.2. The molecule has 1 aromatic rings. The van der Waals surface area contributed by atoms with Crippen molar-refractivity contribution in [3.05, 3.63) is 29.3 Å². The minimum atomic E-state index is 0.131. The Bertz CT molecular complexity index is 476. The third-order valence-corrected chi connectivity index (χ3v) is 4.79. The van der Waals surface area contributed by atoms with Crippen LogP contribution in [0.15, 0.2) is 18.2 Å². The molecule has 0 atom stereocenters. The highest BCUT2D eigenvalue weighted by atomic mass is 16.1. The van der Waals surface area contributed by atoms with E-state index in [0.717, 1.165) is 17.7 Å². The first-order valence-electron chi connectivity index (χ1n) is 8.92. The number of aryl methyl sites for hydroxylation is 2. The summed E-state index contributed by atoms with van der Waals surface area (Å²) in [7, 11) is 0. The highest BCUT2D eigenvalue weighted by Crippen LogP contribution is 2.20. The number of quaternary nitrogens is 1. The van der Waals surface area contributed by atoms with Crippen LogP contribution >= 0.6 is 0 Å². The number of carbonyl (C=O) groups excluding carboxylic acids is 1. The molecule has 1 saturated carbocycles. The molecule has 1 aliphatic rings. The molecule has 1 aromatic carbocycles. The van der Waals surface area contributed by atoms with Crippen LogP contribution in [0.4, 0.5) is 5.69 Å². The fourth-order valence-electron chi connectivity index (χ4n) is 3.39. The molecule has 2 rings (SSSR count). The molecule has 3 N–H and O–H groups in total. The second-order valence-corrected chi connectivity index (χ2v) is 6.56. The van der Waals surface area contributed by atoms with Gasteiger partial charge in [0.1, 0.15) is 0 Å². The lowest BCUT2D eigenvalue weighted by molar-refractivity contribution is -0.680. The molecular formula is C19H31N2O+. The molecule has 1 aliphatic carbocycles. The predicted molar refractivity (Wildman–Crippen MR) is 92.1 cm³/mol. The Balaban J connectivity index is 1.85. The third kappa shape index (κ3) is 5.13. The van der Waals surface area contributed by atoms with E-state index in [9.17, 15) is 4.79 Å². The van der Waals surface area contributed by atoms with E-state index in [1.165, 1.54) is 50.5 Å². The lowest BCUT2D eigenvalue weighted by atomic mass is 9.97. The monoisotopic (exact) mass is 303 g/mol. The van der Waals surface area contributed by atoms with Crippen molar-refractivity contribution in [2.24, 2.45) is 0 Å². The molecule has 0 heterocycles. The van der Waals surface area contributed by atoms with Crippen molar-refractivity contribution in [1.29, 1.82) is 0 Å². The second-order valence-electron chi connectivity index (χ2n) is 6.56. The van der Waals surface area contributed by atoms with Gasteiger partial charge in [-0.1, -0.05) is 44.4 Å². The van der Waals surface area contributed by atoms with Crippen LogP contribution in [0.3, 0.4) is 0 Å². The Morgan fingerprint density at radius 3 is 2.55 bits per heavy atom. The molecule has 1 amide bonds. The number of hydrogen-bond donors (Lipinski definition) is 2. The Kier molecular flexibility index (Phi) is 6.91. The number of nitrogens with one attached hydrogen (secondary N) is 1. The van der Waals surface area contributed by atoms with Crippen molar-refractivity contribution >= 4 is 11.6 Å². The van der Waals surface area contributed by atoms with Gasteiger partial charge in [0.15, 0.2) is 6.54 Å². The summed E-state index contributed by atoms with van der Waals surface area (Å²) in [5.74, 6) is 0.131. The zero-order chi connectivity index (χ0) is 15.8. The fourth-order valence-corrected chi connectivity index (χ4v) is 3.39. The topological polar surface area (TPSA) is 45.7 Å². The van der Waals surface area contributed by atoms with E-state index >= 15 is 0 Å². The van der Waals surface area contributed by atoms with Crippen molar-refractivity contribution < 1.29 is 10.1 Å². The summed E-state index contributed by atoms with van der Waals surface area (Å²) in [4.78, 5) is 12.3. The van der Waals surface area contributed by atoms with Crippen molar-refractivity contribution in [3.8, 4) is 0 Å². The number of benzene rings is 1. The lowest BCUT2D eigenvalue weighted by Crippen LogP contribution is -2.91. The van der Waals surface area contributed by atoms with E-state index in [1.54, 1.807) is 0 Å². The molecule has 3 heteroatoms. The van der Waals surface area contributed by atoms with Gasteiger partial charge in [-0.2, -0.15) is 0 Å². The molecule has 22 heavy (non-hydrogen) atoms. The Morgan fingerprint density at radius 1 is 1.18 bits per heavy atom. The van der Waals surface area contributed by atoms with Crippen molar-refractivity contribution in [3.63, 3.8) is 0 Å². The molecule has 3 nitrogen and oxygen atoms in total. The summed E-state index contributed by atoms with van der Waals surface area (Å²) in [6.07, 6.45) is 10.2. The number of para-hydroxylation sites is 1. The number of hydrogen-bond acceptors (Lipinski definition) is 1. The highest BCUT2D eigenvalue weighted by Gasteiger charge is 2.16. The molecule has 0 spiro atoms. The van der Waals surface area contributed by atoms with Crippen LogP contribution in [0.25, 0.3) is 0 Å². The average Bonchev–Trinajstić information content (AvgIpc) is 2.48. The standard InChI is InChI=1S/C19H30N2O/c1-3-16-11-9-10-15(2)19(16)21-18(22)14-20-17-12-7-5-4-6-8-13-17/h9-11,17,20H,3-8,12-14H2,1-2H3,(H,21,22)/p+1. The number of nitrogens with two attached hydrogens (primary N) is 1. The highest BCUT2D eigenvalue weighted by molar-refractivity contribution is 5.93. The first kappa shape index (κ1) is 17.0. The maximum atomic E-state index is 12.3. The minimum absolute atomic E-state index is 0.131. The summed E-state index contributed by atoms with van der Waals surface area (Å²) in [5, 5.41) is 5.38. The SMILES string of the molecule is CCc1cccc(C)c1NC(=O)C[NH2+]C1CCCCCCC1. The summed E-state index contributed by atoms with van der Waals surface area (Å²) in [6, 6.07) is 6.85. The molecule has 0 bridgehead atoms. The minimum Gasteiger partial charge on any atom is -0.336 e. The van der Waals surface area contributed by atoms with Crippen LogP contribution in [0, 0.1) is 6.92 Å². The van der Waals surface area contributed by atoms with Crippen LogP contribution < -0.4 is 10.6 Å². The molecular weight excluding hydrogens is 272 g/mol. The Labute approximate surface area is 134 Å². The van der Waals surface area contributed by atoms with Crippen LogP contribution in [0.1, 0.15) is 63.0 Å². The second kappa shape index (κ2) is 8.94. The summed E-state index contributed by atoms with van der Waals surface area (Å²) < 4.78 is 0. The molecule has 0 radical (unpaired) electrons. The first-order chi connectivity index (χ1) is 10.7. The normalized spacial score (nSPS) is 16.8. The smallest absolute Gasteiger partial charge is 0.279 e. The van der Waals surface area contributed by atoms with Gasteiger partial charge in [-0.05, 0) is 50.2 Å². The largest absolute Gasteiger partial charge is 0.336 e. The Morgan fingerprint density at radius 2 is 1.86 bits per heavy atom. The van der Waals surface area contributed by atoms with Crippen molar-refractivity contribution in [2.75, 3.05) is 11.9 Å². The van der Waals surface area contributed by atoms with Crippen molar-refractivity contribution in [2.45, 2.75) is 71.3 Å². The predicted octanol–water partition coefficient (Wildman–Crippen LogP) is 3.17. The van der Waals surface area contributed by atoms with Gasteiger partial charge in [-0.15, -0.1) is 0 Å². The molecule has 0 saturated heterocycles. The van der Waals surface area contributed by atoms with Gasteiger partial charge in [0, 0.05) is 5.69 Å². The number of amides is 1. The molecule has 122 valence electrons. The molecule has 0 aromatic heterocycles. The van der Waals surface area contributed by atoms with Gasteiger partial charge in [0.25, 0.3) is 5.91 Å². The number of anilines is 1. The Hall–Kier alpha value is -1.35. The van der Waals surface area contributed by atoms with Gasteiger partial charge in [-0.3, -0.25) is 4.79 Å². The van der Waals surface area contributed by atoms with E-state index < -0.39 is 0 Å². The third-order valence-electron chi connectivity index (χ3n) is 4.79. The average molecular weight is 303 g/mol. The van der Waals surface area contributed by atoms with Gasteiger partial charge < -0.3 is 10.6 Å². The zero-order valence-corrected chi connectivity index (χ0v) is 14.2. The maximum absolute atomic E-state index is 12.3. The first-order valence-corrected chi connectivity index (χ1v) is 8.92. The van der Waals surface area contributed by atoms with Crippen LogP contribution in [-0.2, 0) is 11.2 Å². The van der Waals surface area contributed by atoms with E-state index in [4.69, 9.17) is 0 Å². The summed E-state index contributed by atoms with van der Waals surface area (Å²) in [6.45, 7) is 4.74. The van der Waals surface area contributed by atoms with Gasteiger partial charge >= 0.3 is 0 Å². The fraction of sp³-hybridized carbons (Fsp3) is 0.632. The van der Waals surface area contributed by atoms with Crippen LogP contribution in [0.5, 0.6) is 0 Å². The number of rotatable bonds is 5.